The predicted molar refractivity (Wildman–Crippen MR) is 237 cm³/mol. The van der Waals surface area contributed by atoms with E-state index in [2.05, 4.69) is 25.5 Å². The third-order valence-corrected chi connectivity index (χ3v) is 11.1. The Morgan fingerprint density at radius 2 is 1.46 bits per heavy atom. The quantitative estimate of drug-likeness (QED) is 0.0739. The number of fused-ring (bicyclic) bond motifs is 1. The molecule has 5 aromatic rings. The Hall–Kier alpha value is -7.42. The predicted octanol–water partition coefficient (Wildman–Crippen LogP) is 6.24. The highest BCUT2D eigenvalue weighted by molar-refractivity contribution is 6.23. The molecule has 2 fully saturated rings. The van der Waals surface area contributed by atoms with Gasteiger partial charge in [-0.25, -0.2) is 4.98 Å². The van der Waals surface area contributed by atoms with Gasteiger partial charge in [0.1, 0.15) is 42.2 Å². The molecule has 0 radical (unpaired) electrons. The average molecular weight is 939 g/mol. The summed E-state index contributed by atoms with van der Waals surface area (Å²) in [6.45, 7) is 5.56. The first-order valence-corrected chi connectivity index (χ1v) is 21.7. The molecule has 2 saturated heterocycles. The van der Waals surface area contributed by atoms with Gasteiger partial charge >= 0.3 is 6.18 Å². The molecule has 1 unspecified atom stereocenters. The number of pyridine rings is 2. The van der Waals surface area contributed by atoms with Crippen molar-refractivity contribution in [1.82, 2.24) is 20.2 Å². The van der Waals surface area contributed by atoms with Crippen molar-refractivity contribution in [2.45, 2.75) is 32.0 Å². The van der Waals surface area contributed by atoms with Crippen LogP contribution in [0.15, 0.2) is 91.3 Å². The van der Waals surface area contributed by atoms with Crippen molar-refractivity contribution < 1.29 is 65.6 Å². The van der Waals surface area contributed by atoms with E-state index in [1.165, 1.54) is 30.5 Å². The lowest BCUT2D eigenvalue weighted by Gasteiger charge is -2.30. The monoisotopic (exact) mass is 938 g/mol. The number of halogens is 3. The van der Waals surface area contributed by atoms with E-state index in [4.69, 9.17) is 28.4 Å². The van der Waals surface area contributed by atoms with E-state index in [9.17, 15) is 37.1 Å². The Morgan fingerprint density at radius 3 is 2.18 bits per heavy atom. The number of benzene rings is 3. The first-order valence-electron chi connectivity index (χ1n) is 21.7. The van der Waals surface area contributed by atoms with Gasteiger partial charge in [0, 0.05) is 48.1 Å². The number of morpholine rings is 1. The molecule has 8 rings (SSSR count). The van der Waals surface area contributed by atoms with Gasteiger partial charge in [0.05, 0.1) is 68.2 Å². The molecule has 2 N–H and O–H groups in total. The average Bonchev–Trinajstić information content (AvgIpc) is 3.58. The van der Waals surface area contributed by atoms with Gasteiger partial charge in [-0.05, 0) is 86.1 Å². The third kappa shape index (κ3) is 11.2. The van der Waals surface area contributed by atoms with Gasteiger partial charge < -0.3 is 38.6 Å². The summed E-state index contributed by atoms with van der Waals surface area (Å²) < 4.78 is 74.5. The van der Waals surface area contributed by atoms with Crippen LogP contribution >= 0.6 is 0 Å². The van der Waals surface area contributed by atoms with Crippen LogP contribution in [0.2, 0.25) is 0 Å². The highest BCUT2D eigenvalue weighted by Crippen LogP contribution is 2.37. The molecule has 17 nitrogen and oxygen atoms in total. The van der Waals surface area contributed by atoms with E-state index in [0.717, 1.165) is 17.0 Å². The molecule has 0 spiro atoms. The van der Waals surface area contributed by atoms with Gasteiger partial charge in [-0.3, -0.25) is 39.2 Å². The van der Waals surface area contributed by atoms with Crippen LogP contribution < -0.4 is 29.7 Å². The number of carbonyl (C=O) groups is 5. The second-order valence-corrected chi connectivity index (χ2v) is 15.7. The molecular formula is C48H45F3N6O11. The normalized spacial score (nSPS) is 16.1. The fourth-order valence-electron chi connectivity index (χ4n) is 7.65. The third-order valence-electron chi connectivity index (χ3n) is 11.1. The minimum Gasteiger partial charge on any atom is -0.491 e. The van der Waals surface area contributed by atoms with Crippen molar-refractivity contribution >= 4 is 40.9 Å². The summed E-state index contributed by atoms with van der Waals surface area (Å²) >= 11 is 0. The number of anilines is 2. The lowest BCUT2D eigenvalue weighted by molar-refractivity contribution is -0.138. The fraction of sp³-hybridized carbons (Fsp3) is 0.312. The molecule has 2 aromatic heterocycles. The molecule has 354 valence electrons. The summed E-state index contributed by atoms with van der Waals surface area (Å²) in [6.07, 6.45) is -1.41. The lowest BCUT2D eigenvalue weighted by atomic mass is 10.0. The SMILES string of the molecule is Cc1ncc(NC(=O)c2cccc(C(F)(F)F)c2)cc1-c1cnc(Oc2ccc(OCCOCCOCCOc3ccc4c(c3)C(=O)N(C3CCC(=O)NC3=O)C4=O)cc2)c(N2CCOCC2)c1. The molecular weight excluding hydrogens is 894 g/mol. The number of aryl methyl sites for hydroxylation is 1. The van der Waals surface area contributed by atoms with E-state index in [-0.39, 0.29) is 49.4 Å². The zero-order valence-corrected chi connectivity index (χ0v) is 36.6. The topological polar surface area (TPSA) is 197 Å². The van der Waals surface area contributed by atoms with Crippen LogP contribution in [0.5, 0.6) is 23.1 Å². The molecule has 20 heteroatoms. The largest absolute Gasteiger partial charge is 0.491 e. The maximum atomic E-state index is 13.3. The van der Waals surface area contributed by atoms with E-state index in [1.54, 1.807) is 49.5 Å². The molecule has 0 aliphatic carbocycles. The highest BCUT2D eigenvalue weighted by atomic mass is 19.4. The van der Waals surface area contributed by atoms with Crippen molar-refractivity contribution in [3.8, 4) is 34.3 Å². The van der Waals surface area contributed by atoms with Crippen LogP contribution in [0.3, 0.4) is 0 Å². The van der Waals surface area contributed by atoms with Crippen molar-refractivity contribution in [1.29, 1.82) is 0 Å². The summed E-state index contributed by atoms with van der Waals surface area (Å²) in [7, 11) is 0. The fourth-order valence-corrected chi connectivity index (χ4v) is 7.65. The Bertz CT molecular complexity index is 2700. The standard InChI is InChI=1S/C48H45F3N6O11/c1-29-38(25-33(28-52-29)54-43(59)30-3-2-4-32(23-30)48(49,50)51)31-24-41(56-13-15-63-16-14-56)45(53-27-31)68-35-7-5-34(6-8-35)66-21-19-64-17-18-65-20-22-67-36-9-10-37-39(26-36)47(62)57(46(37)61)40-11-12-42(58)55-44(40)60/h2-10,23-28,40H,11-22H2,1H3,(H,54,59)(H,55,58,60). The van der Waals surface area contributed by atoms with Gasteiger partial charge in [-0.1, -0.05) is 6.07 Å². The van der Waals surface area contributed by atoms with Crippen molar-refractivity contribution in [2.24, 2.45) is 0 Å². The number of ether oxygens (including phenoxy) is 6. The molecule has 3 aliphatic heterocycles. The summed E-state index contributed by atoms with van der Waals surface area (Å²) in [6, 6.07) is 18.3. The molecule has 5 amide bonds. The summed E-state index contributed by atoms with van der Waals surface area (Å²) in [5.41, 5.74) is 2.20. The molecule has 3 aliphatic rings. The molecule has 0 bridgehead atoms. The molecule has 1 atom stereocenters. The minimum atomic E-state index is -4.59. The summed E-state index contributed by atoms with van der Waals surface area (Å²) in [5, 5.41) is 4.83. The molecule has 68 heavy (non-hydrogen) atoms. The number of nitrogens with one attached hydrogen (secondary N) is 2. The maximum absolute atomic E-state index is 13.3. The van der Waals surface area contributed by atoms with Gasteiger partial charge in [0.15, 0.2) is 0 Å². The summed E-state index contributed by atoms with van der Waals surface area (Å²) in [4.78, 5) is 74.8. The molecule has 3 aromatic carbocycles. The summed E-state index contributed by atoms with van der Waals surface area (Å²) in [5.74, 6) is -1.22. The Balaban J connectivity index is 0.778. The first kappa shape index (κ1) is 47.1. The lowest BCUT2D eigenvalue weighted by Crippen LogP contribution is -2.54. The number of nitrogens with zero attached hydrogens (tertiary/aromatic N) is 4. The van der Waals surface area contributed by atoms with E-state index in [1.807, 2.05) is 6.07 Å². The van der Waals surface area contributed by atoms with E-state index >= 15 is 0 Å². The number of hydrogen-bond acceptors (Lipinski definition) is 14. The number of alkyl halides is 3. The van der Waals surface area contributed by atoms with Gasteiger partial charge in [0.2, 0.25) is 17.7 Å². The number of carbonyl (C=O) groups excluding carboxylic acids is 5. The minimum absolute atomic E-state index is 0.0370. The van der Waals surface area contributed by atoms with Crippen LogP contribution in [0.4, 0.5) is 24.5 Å². The number of aromatic nitrogens is 2. The van der Waals surface area contributed by atoms with Crippen LogP contribution in [0.25, 0.3) is 11.1 Å². The van der Waals surface area contributed by atoms with Crippen LogP contribution in [0, 0.1) is 6.92 Å². The number of hydrogen-bond donors (Lipinski definition) is 2. The van der Waals surface area contributed by atoms with E-state index in [0.29, 0.717) is 97.4 Å². The van der Waals surface area contributed by atoms with Crippen LogP contribution in [-0.2, 0) is 30.0 Å². The number of piperidine rings is 1. The van der Waals surface area contributed by atoms with Crippen LogP contribution in [-0.4, -0.2) is 116 Å². The van der Waals surface area contributed by atoms with Gasteiger partial charge in [-0.2, -0.15) is 13.2 Å². The first-order chi connectivity index (χ1) is 32.8. The van der Waals surface area contributed by atoms with E-state index < -0.39 is 47.3 Å². The van der Waals surface area contributed by atoms with Gasteiger partial charge in [-0.15, -0.1) is 0 Å². The Morgan fingerprint density at radius 1 is 0.779 bits per heavy atom. The second-order valence-electron chi connectivity index (χ2n) is 15.7. The number of amides is 5. The highest BCUT2D eigenvalue weighted by Gasteiger charge is 2.44. The second kappa shape index (κ2) is 21.0. The number of imide groups is 2. The molecule has 0 saturated carbocycles. The zero-order valence-electron chi connectivity index (χ0n) is 36.6. The van der Waals surface area contributed by atoms with Gasteiger partial charge in [0.25, 0.3) is 17.7 Å². The smallest absolute Gasteiger partial charge is 0.416 e. The van der Waals surface area contributed by atoms with Crippen molar-refractivity contribution in [3.63, 3.8) is 0 Å². The maximum Gasteiger partial charge on any atom is 0.416 e. The van der Waals surface area contributed by atoms with Crippen molar-refractivity contribution in [3.05, 3.63) is 119 Å². The zero-order chi connectivity index (χ0) is 47.8. The molecule has 5 heterocycles. The van der Waals surface area contributed by atoms with Crippen LogP contribution in [0.1, 0.15) is 55.2 Å². The Labute approximate surface area is 387 Å². The Kier molecular flexibility index (Phi) is 14.6. The van der Waals surface area contributed by atoms with Crippen molar-refractivity contribution in [2.75, 3.05) is 76.2 Å². The number of rotatable bonds is 18.